The molecule has 0 bridgehead atoms. The third-order valence-corrected chi connectivity index (χ3v) is 5.42. The molecule has 1 atom stereocenters. The van der Waals surface area contributed by atoms with Crippen LogP contribution in [-0.2, 0) is 10.2 Å². The number of nitrogens with zero attached hydrogens (tertiary/aromatic N) is 1. The summed E-state index contributed by atoms with van der Waals surface area (Å²) in [6, 6.07) is 3.80. The van der Waals surface area contributed by atoms with Crippen LogP contribution in [0.15, 0.2) is 24.5 Å². The maximum absolute atomic E-state index is 12.4. The molecule has 3 N–H and O–H groups in total. The lowest BCUT2D eigenvalue weighted by Gasteiger charge is -2.50. The van der Waals surface area contributed by atoms with Crippen LogP contribution in [0.25, 0.3) is 0 Å². The average molecular weight is 330 g/mol. The SMILES string of the molecule is CC(C)(CNC(=O)NC1CCC(=O)NC12CCC2)c1ccncc1. The maximum Gasteiger partial charge on any atom is 0.315 e. The predicted molar refractivity (Wildman–Crippen MR) is 91.5 cm³/mol. The lowest BCUT2D eigenvalue weighted by molar-refractivity contribution is -0.127. The van der Waals surface area contributed by atoms with E-state index < -0.39 is 0 Å². The van der Waals surface area contributed by atoms with Crippen LogP contribution in [0.1, 0.15) is 51.5 Å². The fourth-order valence-electron chi connectivity index (χ4n) is 3.64. The highest BCUT2D eigenvalue weighted by atomic mass is 16.2. The van der Waals surface area contributed by atoms with Gasteiger partial charge in [-0.3, -0.25) is 9.78 Å². The summed E-state index contributed by atoms with van der Waals surface area (Å²) in [6.07, 6.45) is 7.74. The monoisotopic (exact) mass is 330 g/mol. The number of amides is 3. The van der Waals surface area contributed by atoms with Gasteiger partial charge in [-0.15, -0.1) is 0 Å². The summed E-state index contributed by atoms with van der Waals surface area (Å²) in [5, 5.41) is 9.16. The summed E-state index contributed by atoms with van der Waals surface area (Å²) < 4.78 is 0. The van der Waals surface area contributed by atoms with Gasteiger partial charge in [0.1, 0.15) is 0 Å². The minimum atomic E-state index is -0.215. The summed E-state index contributed by atoms with van der Waals surface area (Å²) in [6.45, 7) is 4.72. The van der Waals surface area contributed by atoms with Gasteiger partial charge in [-0.05, 0) is 43.4 Å². The summed E-state index contributed by atoms with van der Waals surface area (Å²) in [7, 11) is 0. The molecule has 24 heavy (non-hydrogen) atoms. The Labute approximate surface area is 142 Å². The zero-order chi connectivity index (χ0) is 17.2. The van der Waals surface area contributed by atoms with Crippen molar-refractivity contribution < 1.29 is 9.59 Å². The van der Waals surface area contributed by atoms with Crippen molar-refractivity contribution in [3.8, 4) is 0 Å². The first-order valence-electron chi connectivity index (χ1n) is 8.67. The minimum Gasteiger partial charge on any atom is -0.349 e. The molecule has 1 unspecified atom stereocenters. The van der Waals surface area contributed by atoms with E-state index in [1.54, 1.807) is 12.4 Å². The third-order valence-electron chi connectivity index (χ3n) is 5.42. The number of hydrogen-bond acceptors (Lipinski definition) is 3. The second-order valence-corrected chi connectivity index (χ2v) is 7.60. The summed E-state index contributed by atoms with van der Waals surface area (Å²) in [5.74, 6) is 0.104. The van der Waals surface area contributed by atoms with Gasteiger partial charge in [0.25, 0.3) is 0 Å². The molecule has 2 aliphatic rings. The van der Waals surface area contributed by atoms with Crippen LogP contribution in [0, 0.1) is 0 Å². The number of piperidine rings is 1. The molecule has 0 radical (unpaired) electrons. The first-order chi connectivity index (χ1) is 11.4. The number of pyridine rings is 1. The van der Waals surface area contributed by atoms with E-state index in [0.29, 0.717) is 19.4 Å². The lowest BCUT2D eigenvalue weighted by atomic mass is 9.68. The highest BCUT2D eigenvalue weighted by Gasteiger charge is 2.48. The first kappa shape index (κ1) is 16.7. The molecule has 2 fully saturated rings. The molecule has 1 aromatic rings. The molecule has 2 heterocycles. The van der Waals surface area contributed by atoms with Gasteiger partial charge in [0.2, 0.25) is 5.91 Å². The van der Waals surface area contributed by atoms with Crippen molar-refractivity contribution in [2.45, 2.75) is 62.9 Å². The molecule has 1 aliphatic heterocycles. The molecular weight excluding hydrogens is 304 g/mol. The van der Waals surface area contributed by atoms with E-state index in [1.807, 2.05) is 12.1 Å². The smallest absolute Gasteiger partial charge is 0.315 e. The van der Waals surface area contributed by atoms with E-state index >= 15 is 0 Å². The van der Waals surface area contributed by atoms with Crippen LogP contribution < -0.4 is 16.0 Å². The predicted octanol–water partition coefficient (Wildman–Crippen LogP) is 1.86. The Hall–Kier alpha value is -2.11. The number of nitrogens with one attached hydrogen (secondary N) is 3. The molecule has 0 aromatic carbocycles. The van der Waals surface area contributed by atoms with E-state index in [-0.39, 0.29) is 28.9 Å². The number of urea groups is 1. The van der Waals surface area contributed by atoms with Crippen molar-refractivity contribution in [1.29, 1.82) is 0 Å². The van der Waals surface area contributed by atoms with E-state index in [4.69, 9.17) is 0 Å². The normalized spacial score (nSPS) is 22.4. The van der Waals surface area contributed by atoms with Gasteiger partial charge in [-0.25, -0.2) is 4.79 Å². The van der Waals surface area contributed by atoms with Crippen molar-refractivity contribution in [1.82, 2.24) is 20.9 Å². The topological polar surface area (TPSA) is 83.1 Å². The highest BCUT2D eigenvalue weighted by molar-refractivity contribution is 5.80. The number of carbonyl (C=O) groups is 2. The average Bonchev–Trinajstić information content (AvgIpc) is 2.54. The molecule has 1 aliphatic carbocycles. The van der Waals surface area contributed by atoms with Gasteiger partial charge < -0.3 is 16.0 Å². The van der Waals surface area contributed by atoms with Crippen molar-refractivity contribution in [3.05, 3.63) is 30.1 Å². The van der Waals surface area contributed by atoms with Gasteiger partial charge in [-0.1, -0.05) is 13.8 Å². The quantitative estimate of drug-likeness (QED) is 0.788. The van der Waals surface area contributed by atoms with Crippen LogP contribution in [0.5, 0.6) is 0 Å². The molecule has 130 valence electrons. The van der Waals surface area contributed by atoms with Crippen molar-refractivity contribution in [3.63, 3.8) is 0 Å². The molecule has 6 nitrogen and oxygen atoms in total. The molecule has 3 rings (SSSR count). The highest BCUT2D eigenvalue weighted by Crippen LogP contribution is 2.38. The number of hydrogen-bond donors (Lipinski definition) is 3. The summed E-state index contributed by atoms with van der Waals surface area (Å²) >= 11 is 0. The van der Waals surface area contributed by atoms with Crippen LogP contribution in [0.4, 0.5) is 4.79 Å². The third kappa shape index (κ3) is 3.37. The zero-order valence-electron chi connectivity index (χ0n) is 14.4. The van der Waals surface area contributed by atoms with Crippen LogP contribution in [0.2, 0.25) is 0 Å². The second-order valence-electron chi connectivity index (χ2n) is 7.60. The van der Waals surface area contributed by atoms with Gasteiger partial charge in [0.05, 0.1) is 11.6 Å². The standard InChI is InChI=1S/C18H26N4O2/c1-17(2,13-6-10-19-11-7-13)12-20-16(24)21-14-4-5-15(23)22-18(14)8-3-9-18/h6-7,10-11,14H,3-5,8-9,12H2,1-2H3,(H,22,23)(H2,20,21,24). The van der Waals surface area contributed by atoms with Crippen molar-refractivity contribution in [2.24, 2.45) is 0 Å². The van der Waals surface area contributed by atoms with Gasteiger partial charge >= 0.3 is 6.03 Å². The Kier molecular flexibility index (Phi) is 4.47. The van der Waals surface area contributed by atoms with Crippen molar-refractivity contribution >= 4 is 11.9 Å². The fraction of sp³-hybridized carbons (Fsp3) is 0.611. The molecule has 3 amide bonds. The lowest BCUT2D eigenvalue weighted by Crippen LogP contribution is -2.69. The van der Waals surface area contributed by atoms with E-state index in [0.717, 1.165) is 24.8 Å². The molecule has 6 heteroatoms. The van der Waals surface area contributed by atoms with Gasteiger partial charge in [0, 0.05) is 30.8 Å². The first-order valence-corrected chi connectivity index (χ1v) is 8.67. The molecular formula is C18H26N4O2. The minimum absolute atomic E-state index is 0.0213. The summed E-state index contributed by atoms with van der Waals surface area (Å²) in [5.41, 5.74) is 0.751. The number of rotatable bonds is 4. The largest absolute Gasteiger partial charge is 0.349 e. The van der Waals surface area contributed by atoms with Crippen LogP contribution >= 0.6 is 0 Å². The van der Waals surface area contributed by atoms with Gasteiger partial charge in [0.15, 0.2) is 0 Å². The summed E-state index contributed by atoms with van der Waals surface area (Å²) in [4.78, 5) is 28.1. The molecule has 1 spiro atoms. The van der Waals surface area contributed by atoms with Crippen molar-refractivity contribution in [2.75, 3.05) is 6.54 Å². The Morgan fingerprint density at radius 3 is 2.71 bits per heavy atom. The molecule has 1 saturated heterocycles. The van der Waals surface area contributed by atoms with E-state index in [2.05, 4.69) is 34.8 Å². The second kappa shape index (κ2) is 6.42. The van der Waals surface area contributed by atoms with Crippen LogP contribution in [-0.4, -0.2) is 35.0 Å². The van der Waals surface area contributed by atoms with Gasteiger partial charge in [-0.2, -0.15) is 0 Å². The van der Waals surface area contributed by atoms with E-state index in [1.165, 1.54) is 0 Å². The molecule has 1 saturated carbocycles. The Balaban J connectivity index is 1.55. The van der Waals surface area contributed by atoms with Crippen LogP contribution in [0.3, 0.4) is 0 Å². The van der Waals surface area contributed by atoms with E-state index in [9.17, 15) is 9.59 Å². The number of aromatic nitrogens is 1. The number of carbonyl (C=O) groups excluding carboxylic acids is 2. The maximum atomic E-state index is 12.4. The Morgan fingerprint density at radius 2 is 2.08 bits per heavy atom. The fourth-order valence-corrected chi connectivity index (χ4v) is 3.64. The molecule has 1 aromatic heterocycles. The Bertz CT molecular complexity index is 611. The Morgan fingerprint density at radius 1 is 1.38 bits per heavy atom. The zero-order valence-corrected chi connectivity index (χ0v) is 14.4.